The third-order valence-electron chi connectivity index (χ3n) is 2.78. The molecular formula is C13H22N2O. The molecule has 0 spiro atoms. The van der Waals surface area contributed by atoms with Gasteiger partial charge in [0.05, 0.1) is 6.61 Å². The molecule has 0 bridgehead atoms. The minimum atomic E-state index is 0.389. The van der Waals surface area contributed by atoms with E-state index in [4.69, 9.17) is 4.74 Å². The van der Waals surface area contributed by atoms with Gasteiger partial charge < -0.3 is 10.1 Å². The number of hydrogen-bond acceptors (Lipinski definition) is 3. The molecule has 0 fully saturated rings. The summed E-state index contributed by atoms with van der Waals surface area (Å²) in [6, 6.07) is 6.38. The average Bonchev–Trinajstić information content (AvgIpc) is 2.29. The molecule has 0 aliphatic carbocycles. The molecule has 2 unspecified atom stereocenters. The normalized spacial score (nSPS) is 14.5. The van der Waals surface area contributed by atoms with Gasteiger partial charge in [0.25, 0.3) is 0 Å². The highest BCUT2D eigenvalue weighted by molar-refractivity contribution is 5.19. The van der Waals surface area contributed by atoms with Gasteiger partial charge in [-0.25, -0.2) is 4.98 Å². The van der Waals surface area contributed by atoms with Crippen molar-refractivity contribution in [1.29, 1.82) is 0 Å². The molecule has 2 atom stereocenters. The second-order valence-corrected chi connectivity index (χ2v) is 3.97. The van der Waals surface area contributed by atoms with Crippen LogP contribution < -0.4 is 10.1 Å². The Kier molecular flexibility index (Phi) is 5.26. The minimum absolute atomic E-state index is 0.389. The van der Waals surface area contributed by atoms with Gasteiger partial charge in [0.2, 0.25) is 5.88 Å². The maximum atomic E-state index is 5.40. The Morgan fingerprint density at radius 2 is 2.06 bits per heavy atom. The molecule has 0 saturated heterocycles. The van der Waals surface area contributed by atoms with E-state index in [0.717, 1.165) is 18.1 Å². The van der Waals surface area contributed by atoms with Crippen molar-refractivity contribution in [3.05, 3.63) is 23.9 Å². The average molecular weight is 222 g/mol. The standard InChI is InChI=1S/C13H22N2O/c1-5-14-11(4)10(3)12-8-7-9-13(15-12)16-6-2/h7-11,14H,5-6H2,1-4H3. The number of rotatable bonds is 6. The first-order valence-corrected chi connectivity index (χ1v) is 6.02. The highest BCUT2D eigenvalue weighted by Gasteiger charge is 2.14. The van der Waals surface area contributed by atoms with Gasteiger partial charge in [-0.2, -0.15) is 0 Å². The fourth-order valence-corrected chi connectivity index (χ4v) is 1.67. The van der Waals surface area contributed by atoms with Crippen molar-refractivity contribution in [3.8, 4) is 5.88 Å². The Bertz CT molecular complexity index is 315. The highest BCUT2D eigenvalue weighted by atomic mass is 16.5. The summed E-state index contributed by atoms with van der Waals surface area (Å²) in [6.07, 6.45) is 0. The van der Waals surface area contributed by atoms with E-state index in [1.54, 1.807) is 0 Å². The monoisotopic (exact) mass is 222 g/mol. The number of aromatic nitrogens is 1. The molecule has 0 aliphatic rings. The summed E-state index contributed by atoms with van der Waals surface area (Å²) in [5.74, 6) is 1.11. The fraction of sp³-hybridized carbons (Fsp3) is 0.615. The third-order valence-corrected chi connectivity index (χ3v) is 2.78. The summed E-state index contributed by atoms with van der Waals surface area (Å²) in [6.45, 7) is 10.1. The smallest absolute Gasteiger partial charge is 0.213 e. The molecule has 0 radical (unpaired) electrons. The molecule has 0 aliphatic heterocycles. The molecule has 0 aromatic carbocycles. The van der Waals surface area contributed by atoms with E-state index >= 15 is 0 Å². The van der Waals surface area contributed by atoms with E-state index in [9.17, 15) is 0 Å². The lowest BCUT2D eigenvalue weighted by Crippen LogP contribution is -2.31. The largest absolute Gasteiger partial charge is 0.478 e. The summed E-state index contributed by atoms with van der Waals surface area (Å²) in [5, 5.41) is 3.41. The number of ether oxygens (including phenoxy) is 1. The summed E-state index contributed by atoms with van der Waals surface area (Å²) in [5.41, 5.74) is 1.08. The van der Waals surface area contributed by atoms with E-state index in [1.807, 2.05) is 19.1 Å². The van der Waals surface area contributed by atoms with Gasteiger partial charge in [-0.1, -0.05) is 19.9 Å². The van der Waals surface area contributed by atoms with Crippen molar-refractivity contribution in [2.45, 2.75) is 39.7 Å². The van der Waals surface area contributed by atoms with Crippen molar-refractivity contribution in [2.75, 3.05) is 13.2 Å². The van der Waals surface area contributed by atoms with Crippen LogP contribution in [0.1, 0.15) is 39.3 Å². The zero-order chi connectivity index (χ0) is 12.0. The van der Waals surface area contributed by atoms with Gasteiger partial charge in [-0.05, 0) is 26.5 Å². The van der Waals surface area contributed by atoms with Gasteiger partial charge >= 0.3 is 0 Å². The van der Waals surface area contributed by atoms with Gasteiger partial charge in [0, 0.05) is 23.7 Å². The Hall–Kier alpha value is -1.09. The number of nitrogens with zero attached hydrogens (tertiary/aromatic N) is 1. The lowest BCUT2D eigenvalue weighted by Gasteiger charge is -2.20. The van der Waals surface area contributed by atoms with E-state index in [2.05, 4.69) is 37.1 Å². The number of likely N-dealkylation sites (N-methyl/N-ethyl adjacent to an activating group) is 1. The zero-order valence-corrected chi connectivity index (χ0v) is 10.7. The lowest BCUT2D eigenvalue weighted by molar-refractivity contribution is 0.324. The molecule has 1 aromatic rings. The predicted octanol–water partition coefficient (Wildman–Crippen LogP) is 2.58. The van der Waals surface area contributed by atoms with Gasteiger partial charge in [-0.15, -0.1) is 0 Å². The molecule has 0 saturated carbocycles. The van der Waals surface area contributed by atoms with Crippen molar-refractivity contribution in [1.82, 2.24) is 10.3 Å². The fourth-order valence-electron chi connectivity index (χ4n) is 1.67. The Labute approximate surface area is 98.2 Å². The molecule has 0 amide bonds. The second-order valence-electron chi connectivity index (χ2n) is 3.97. The van der Waals surface area contributed by atoms with Crippen LogP contribution in [0.5, 0.6) is 5.88 Å². The Balaban J connectivity index is 2.74. The third kappa shape index (κ3) is 3.49. The van der Waals surface area contributed by atoms with Crippen LogP contribution in [-0.4, -0.2) is 24.2 Å². The van der Waals surface area contributed by atoms with Crippen molar-refractivity contribution >= 4 is 0 Å². The van der Waals surface area contributed by atoms with Crippen LogP contribution in [0.2, 0.25) is 0 Å². The Morgan fingerprint density at radius 3 is 2.69 bits per heavy atom. The summed E-state index contributed by atoms with van der Waals surface area (Å²) >= 11 is 0. The van der Waals surface area contributed by atoms with Crippen LogP contribution >= 0.6 is 0 Å². The molecule has 3 nitrogen and oxygen atoms in total. The first-order valence-electron chi connectivity index (χ1n) is 6.02. The lowest BCUT2D eigenvalue weighted by atomic mass is 9.99. The molecule has 3 heteroatoms. The SMILES string of the molecule is CCNC(C)C(C)c1cccc(OCC)n1. The van der Waals surface area contributed by atoms with Crippen LogP contribution in [0.3, 0.4) is 0 Å². The van der Waals surface area contributed by atoms with E-state index in [-0.39, 0.29) is 0 Å². The number of nitrogens with one attached hydrogen (secondary N) is 1. The molecular weight excluding hydrogens is 200 g/mol. The zero-order valence-electron chi connectivity index (χ0n) is 10.7. The quantitative estimate of drug-likeness (QED) is 0.803. The van der Waals surface area contributed by atoms with E-state index in [1.165, 1.54) is 0 Å². The molecule has 16 heavy (non-hydrogen) atoms. The van der Waals surface area contributed by atoms with Crippen LogP contribution in [0.4, 0.5) is 0 Å². The summed E-state index contributed by atoms with van der Waals surface area (Å²) in [4.78, 5) is 4.50. The molecule has 90 valence electrons. The Morgan fingerprint density at radius 1 is 1.31 bits per heavy atom. The van der Waals surface area contributed by atoms with Gasteiger partial charge in [-0.3, -0.25) is 0 Å². The summed E-state index contributed by atoms with van der Waals surface area (Å²) in [7, 11) is 0. The maximum Gasteiger partial charge on any atom is 0.213 e. The van der Waals surface area contributed by atoms with Crippen LogP contribution in [0.25, 0.3) is 0 Å². The summed E-state index contributed by atoms with van der Waals surface area (Å²) < 4.78 is 5.40. The van der Waals surface area contributed by atoms with Crippen molar-refractivity contribution < 1.29 is 4.74 Å². The number of hydrogen-bond donors (Lipinski definition) is 1. The van der Waals surface area contributed by atoms with Crippen molar-refractivity contribution in [2.24, 2.45) is 0 Å². The van der Waals surface area contributed by atoms with E-state index in [0.29, 0.717) is 18.6 Å². The molecule has 1 N–H and O–H groups in total. The van der Waals surface area contributed by atoms with E-state index < -0.39 is 0 Å². The maximum absolute atomic E-state index is 5.40. The predicted molar refractivity (Wildman–Crippen MR) is 67.0 cm³/mol. The van der Waals surface area contributed by atoms with Gasteiger partial charge in [0.15, 0.2) is 0 Å². The van der Waals surface area contributed by atoms with Crippen LogP contribution in [0.15, 0.2) is 18.2 Å². The van der Waals surface area contributed by atoms with Crippen molar-refractivity contribution in [3.63, 3.8) is 0 Å². The van der Waals surface area contributed by atoms with Crippen LogP contribution in [-0.2, 0) is 0 Å². The second kappa shape index (κ2) is 6.48. The highest BCUT2D eigenvalue weighted by Crippen LogP contribution is 2.19. The van der Waals surface area contributed by atoms with Crippen LogP contribution in [0, 0.1) is 0 Å². The molecule has 1 aromatic heterocycles. The topological polar surface area (TPSA) is 34.1 Å². The minimum Gasteiger partial charge on any atom is -0.478 e. The molecule has 1 rings (SSSR count). The first-order chi connectivity index (χ1) is 7.69. The molecule has 1 heterocycles. The first kappa shape index (κ1) is 13.0. The number of pyridine rings is 1. The van der Waals surface area contributed by atoms with Gasteiger partial charge in [0.1, 0.15) is 0 Å².